The van der Waals surface area contributed by atoms with Crippen molar-refractivity contribution in [1.82, 2.24) is 0 Å². The third kappa shape index (κ3) is 1.68. The molecular weight excluding hydrogens is 228 g/mol. The number of benzene rings is 1. The van der Waals surface area contributed by atoms with Crippen molar-refractivity contribution >= 4 is 21.6 Å². The molecule has 0 N–H and O–H groups in total. The van der Waals surface area contributed by atoms with E-state index < -0.39 is 0 Å². The number of nitrogens with zero attached hydrogens (tertiary/aromatic N) is 2. The van der Waals surface area contributed by atoms with Gasteiger partial charge in [0.05, 0.1) is 12.0 Å². The topological polar surface area (TPSA) is 27.0 Å². The highest BCUT2D eigenvalue weighted by atomic mass is 79.9. The molecule has 1 aromatic rings. The molecule has 1 aromatic carbocycles. The molecule has 1 fully saturated rings. The molecule has 0 bridgehead atoms. The maximum atomic E-state index is 8.62. The predicted octanol–water partition coefficient (Wildman–Crippen LogP) is 2.41. The van der Waals surface area contributed by atoms with Crippen molar-refractivity contribution in [3.8, 4) is 6.07 Å². The molecule has 66 valence electrons. The van der Waals surface area contributed by atoms with E-state index in [1.807, 2.05) is 12.1 Å². The van der Waals surface area contributed by atoms with Gasteiger partial charge < -0.3 is 4.90 Å². The van der Waals surface area contributed by atoms with Crippen molar-refractivity contribution in [3.05, 3.63) is 28.7 Å². The molecule has 0 amide bonds. The molecule has 0 spiro atoms. The van der Waals surface area contributed by atoms with Crippen molar-refractivity contribution in [2.24, 2.45) is 5.92 Å². The third-order valence-corrected chi connectivity index (χ3v) is 2.73. The molecule has 1 saturated heterocycles. The predicted molar refractivity (Wildman–Crippen MR) is 55.5 cm³/mol. The first kappa shape index (κ1) is 8.58. The summed E-state index contributed by atoms with van der Waals surface area (Å²) in [5, 5.41) is 8.62. The van der Waals surface area contributed by atoms with Crippen LogP contribution in [0.15, 0.2) is 28.7 Å². The molecule has 0 aromatic heterocycles. The summed E-state index contributed by atoms with van der Waals surface area (Å²) < 4.78 is 1.09. The lowest BCUT2D eigenvalue weighted by Gasteiger charge is -2.37. The molecule has 13 heavy (non-hydrogen) atoms. The average Bonchev–Trinajstić information content (AvgIpc) is 2.02. The minimum atomic E-state index is 0.221. The summed E-state index contributed by atoms with van der Waals surface area (Å²) in [5.74, 6) is 0.221. The number of anilines is 1. The Bertz CT molecular complexity index is 350. The minimum Gasteiger partial charge on any atom is -0.369 e. The van der Waals surface area contributed by atoms with Gasteiger partial charge in [-0.05, 0) is 18.2 Å². The summed E-state index contributed by atoms with van der Waals surface area (Å²) in [4.78, 5) is 2.21. The van der Waals surface area contributed by atoms with E-state index >= 15 is 0 Å². The van der Waals surface area contributed by atoms with E-state index in [1.165, 1.54) is 5.69 Å². The molecule has 3 heteroatoms. The second-order valence-electron chi connectivity index (χ2n) is 3.21. The van der Waals surface area contributed by atoms with E-state index in [-0.39, 0.29) is 5.92 Å². The van der Waals surface area contributed by atoms with E-state index in [0.29, 0.717) is 0 Å². The Morgan fingerprint density at radius 1 is 1.46 bits per heavy atom. The van der Waals surface area contributed by atoms with Gasteiger partial charge in [-0.3, -0.25) is 0 Å². The Hall–Kier alpha value is -1.01. The van der Waals surface area contributed by atoms with Gasteiger partial charge in [-0.15, -0.1) is 0 Å². The summed E-state index contributed by atoms with van der Waals surface area (Å²) in [6.07, 6.45) is 0. The zero-order valence-corrected chi connectivity index (χ0v) is 8.66. The molecule has 0 aliphatic carbocycles. The van der Waals surface area contributed by atoms with Gasteiger partial charge in [0.15, 0.2) is 0 Å². The van der Waals surface area contributed by atoms with E-state index in [0.717, 1.165) is 17.6 Å². The van der Waals surface area contributed by atoms with Crippen molar-refractivity contribution in [2.75, 3.05) is 18.0 Å². The number of hydrogen-bond acceptors (Lipinski definition) is 2. The molecule has 0 saturated carbocycles. The Morgan fingerprint density at radius 2 is 2.23 bits per heavy atom. The van der Waals surface area contributed by atoms with Crippen LogP contribution in [-0.2, 0) is 0 Å². The Kier molecular flexibility index (Phi) is 2.24. The Morgan fingerprint density at radius 3 is 2.85 bits per heavy atom. The summed E-state index contributed by atoms with van der Waals surface area (Å²) in [5.41, 5.74) is 1.20. The fourth-order valence-corrected chi connectivity index (χ4v) is 1.83. The highest BCUT2D eigenvalue weighted by molar-refractivity contribution is 9.10. The van der Waals surface area contributed by atoms with Crippen LogP contribution in [0.1, 0.15) is 0 Å². The molecular formula is C10H9BrN2. The lowest BCUT2D eigenvalue weighted by atomic mass is 10.0. The summed E-state index contributed by atoms with van der Waals surface area (Å²) in [7, 11) is 0. The molecule has 1 aliphatic rings. The van der Waals surface area contributed by atoms with Gasteiger partial charge in [0.2, 0.25) is 0 Å². The van der Waals surface area contributed by atoms with Crippen LogP contribution in [0.2, 0.25) is 0 Å². The SMILES string of the molecule is N#CC1CN(c2cccc(Br)c2)C1. The highest BCUT2D eigenvalue weighted by Crippen LogP contribution is 2.26. The summed E-state index contributed by atoms with van der Waals surface area (Å²) in [6.45, 7) is 1.74. The molecule has 0 unspecified atom stereocenters. The quantitative estimate of drug-likeness (QED) is 0.749. The standard InChI is InChI=1S/C10H9BrN2/c11-9-2-1-3-10(4-9)13-6-8(5-12)7-13/h1-4,8H,6-7H2. The van der Waals surface area contributed by atoms with Gasteiger partial charge in [0.25, 0.3) is 0 Å². The molecule has 2 nitrogen and oxygen atoms in total. The number of nitriles is 1. The second-order valence-corrected chi connectivity index (χ2v) is 4.13. The first-order chi connectivity index (χ1) is 6.29. The fraction of sp³-hybridized carbons (Fsp3) is 0.300. The summed E-state index contributed by atoms with van der Waals surface area (Å²) >= 11 is 3.42. The average molecular weight is 237 g/mol. The number of hydrogen-bond donors (Lipinski definition) is 0. The van der Waals surface area contributed by atoms with Gasteiger partial charge in [0, 0.05) is 23.2 Å². The molecule has 0 atom stereocenters. The smallest absolute Gasteiger partial charge is 0.0813 e. The van der Waals surface area contributed by atoms with E-state index in [9.17, 15) is 0 Å². The lowest BCUT2D eigenvalue weighted by Crippen LogP contribution is -2.45. The monoisotopic (exact) mass is 236 g/mol. The molecule has 1 aliphatic heterocycles. The Balaban J connectivity index is 2.08. The molecule has 1 heterocycles. The van der Waals surface area contributed by atoms with Crippen molar-refractivity contribution in [3.63, 3.8) is 0 Å². The minimum absolute atomic E-state index is 0.221. The maximum absolute atomic E-state index is 8.62. The fourth-order valence-electron chi connectivity index (χ4n) is 1.44. The molecule has 2 rings (SSSR count). The van der Waals surface area contributed by atoms with Gasteiger partial charge in [-0.2, -0.15) is 5.26 Å². The highest BCUT2D eigenvalue weighted by Gasteiger charge is 2.26. The van der Waals surface area contributed by atoms with E-state index in [1.54, 1.807) is 0 Å². The molecule has 0 radical (unpaired) electrons. The lowest BCUT2D eigenvalue weighted by molar-refractivity contribution is 0.504. The zero-order valence-electron chi connectivity index (χ0n) is 7.07. The van der Waals surface area contributed by atoms with Crippen LogP contribution in [0.5, 0.6) is 0 Å². The van der Waals surface area contributed by atoms with Gasteiger partial charge in [-0.25, -0.2) is 0 Å². The van der Waals surface area contributed by atoms with Crippen LogP contribution in [0, 0.1) is 17.2 Å². The number of rotatable bonds is 1. The van der Waals surface area contributed by atoms with Crippen LogP contribution < -0.4 is 4.90 Å². The first-order valence-electron chi connectivity index (χ1n) is 4.20. The van der Waals surface area contributed by atoms with Crippen LogP contribution in [0.25, 0.3) is 0 Å². The van der Waals surface area contributed by atoms with Gasteiger partial charge >= 0.3 is 0 Å². The van der Waals surface area contributed by atoms with Crippen LogP contribution in [0.3, 0.4) is 0 Å². The van der Waals surface area contributed by atoms with Crippen molar-refractivity contribution in [2.45, 2.75) is 0 Å². The van der Waals surface area contributed by atoms with E-state index in [2.05, 4.69) is 39.0 Å². The zero-order chi connectivity index (χ0) is 9.26. The third-order valence-electron chi connectivity index (χ3n) is 2.24. The normalized spacial score (nSPS) is 16.5. The van der Waals surface area contributed by atoms with Crippen molar-refractivity contribution in [1.29, 1.82) is 5.26 Å². The van der Waals surface area contributed by atoms with Gasteiger partial charge in [-0.1, -0.05) is 22.0 Å². The van der Waals surface area contributed by atoms with Crippen LogP contribution in [0.4, 0.5) is 5.69 Å². The van der Waals surface area contributed by atoms with Crippen molar-refractivity contribution < 1.29 is 0 Å². The van der Waals surface area contributed by atoms with E-state index in [4.69, 9.17) is 5.26 Å². The maximum Gasteiger partial charge on any atom is 0.0813 e. The largest absolute Gasteiger partial charge is 0.369 e. The van der Waals surface area contributed by atoms with Crippen LogP contribution in [-0.4, -0.2) is 13.1 Å². The van der Waals surface area contributed by atoms with Gasteiger partial charge in [0.1, 0.15) is 0 Å². The van der Waals surface area contributed by atoms with Crippen LogP contribution >= 0.6 is 15.9 Å². The number of halogens is 1. The summed E-state index contributed by atoms with van der Waals surface area (Å²) in [6, 6.07) is 10.4. The first-order valence-corrected chi connectivity index (χ1v) is 4.99. The Labute approximate surface area is 85.9 Å². The second kappa shape index (κ2) is 3.39.